The highest BCUT2D eigenvalue weighted by Crippen LogP contribution is 2.36. The zero-order valence-corrected chi connectivity index (χ0v) is 13.8. The number of hydrogen-bond donors (Lipinski definition) is 1. The first-order valence-electron chi connectivity index (χ1n) is 7.35. The molecule has 1 aromatic heterocycles. The van der Waals surface area contributed by atoms with Crippen molar-refractivity contribution in [2.45, 2.75) is 59.2 Å². The van der Waals surface area contributed by atoms with Gasteiger partial charge in [0.25, 0.3) is 0 Å². The van der Waals surface area contributed by atoms with E-state index in [4.69, 9.17) is 0 Å². The molecule has 3 heteroatoms. The first-order valence-corrected chi connectivity index (χ1v) is 7.35. The van der Waals surface area contributed by atoms with Gasteiger partial charge in [0.05, 0.1) is 0 Å². The molecular weight excluding hydrogens is 245 g/mol. The quantitative estimate of drug-likeness (QED) is 0.773. The van der Waals surface area contributed by atoms with Crippen molar-refractivity contribution in [3.05, 3.63) is 35.5 Å². The van der Waals surface area contributed by atoms with Crippen molar-refractivity contribution in [3.8, 4) is 0 Å². The van der Waals surface area contributed by atoms with Crippen LogP contribution in [-0.2, 0) is 10.8 Å². The van der Waals surface area contributed by atoms with Crippen LogP contribution in [0.15, 0.2) is 24.4 Å². The summed E-state index contributed by atoms with van der Waals surface area (Å²) in [6.07, 6.45) is 1.97. The molecule has 0 aliphatic rings. The van der Waals surface area contributed by atoms with Gasteiger partial charge in [0.15, 0.2) is 0 Å². The molecule has 1 heterocycles. The van der Waals surface area contributed by atoms with Gasteiger partial charge in [-0.1, -0.05) is 41.5 Å². The van der Waals surface area contributed by atoms with Gasteiger partial charge in [0.2, 0.25) is 0 Å². The Kier molecular flexibility index (Phi) is 3.54. The molecule has 0 bridgehead atoms. The molecule has 108 valence electrons. The molecule has 1 aromatic carbocycles. The lowest BCUT2D eigenvalue weighted by molar-refractivity contribution is 0.531. The van der Waals surface area contributed by atoms with Gasteiger partial charge in [-0.2, -0.15) is 0 Å². The van der Waals surface area contributed by atoms with Crippen LogP contribution in [0.1, 0.15) is 52.7 Å². The van der Waals surface area contributed by atoms with Crippen molar-refractivity contribution in [2.24, 2.45) is 0 Å². The third-order valence-corrected chi connectivity index (χ3v) is 3.88. The maximum absolute atomic E-state index is 9.90. The third-order valence-electron chi connectivity index (χ3n) is 3.88. The van der Waals surface area contributed by atoms with Crippen LogP contribution in [-0.4, -0.2) is 16.6 Å². The van der Waals surface area contributed by atoms with Crippen LogP contribution in [0, 0.1) is 0 Å². The number of rotatable bonds is 1. The Hall–Kier alpha value is -1.22. The zero-order valence-electron chi connectivity index (χ0n) is 13.8. The number of aromatic nitrogens is 1. The van der Waals surface area contributed by atoms with E-state index in [0.29, 0.717) is 0 Å². The highest BCUT2D eigenvalue weighted by Gasteiger charge is 2.26. The molecule has 0 aliphatic carbocycles. The SMILES string of the molecule is CB(O)n1ccc2cc(C(C)(C)C)c(C(C)(C)C)cc21. The van der Waals surface area contributed by atoms with Gasteiger partial charge in [-0.25, -0.2) is 0 Å². The Morgan fingerprint density at radius 3 is 1.90 bits per heavy atom. The Balaban J connectivity index is 2.81. The smallest absolute Gasteiger partial charge is 0.413 e. The predicted octanol–water partition coefficient (Wildman–Crippen LogP) is 4.19. The van der Waals surface area contributed by atoms with Gasteiger partial charge in [-0.05, 0) is 58.6 Å². The van der Waals surface area contributed by atoms with Crippen molar-refractivity contribution in [1.82, 2.24) is 4.48 Å². The molecule has 2 aromatic rings. The van der Waals surface area contributed by atoms with E-state index >= 15 is 0 Å². The van der Waals surface area contributed by atoms with Gasteiger partial charge >= 0.3 is 7.05 Å². The summed E-state index contributed by atoms with van der Waals surface area (Å²) in [5.41, 5.74) is 4.06. The standard InChI is InChI=1S/C17H26BNO/c1-16(2,3)13-10-12-8-9-19(18(7)20)15(12)11-14(13)17(4,5)6/h8-11,20H,1-7H3. The topological polar surface area (TPSA) is 25.2 Å². The fraction of sp³-hybridized carbons (Fsp3) is 0.529. The monoisotopic (exact) mass is 271 g/mol. The molecule has 0 spiro atoms. The van der Waals surface area contributed by atoms with Gasteiger partial charge in [0, 0.05) is 5.52 Å². The number of benzene rings is 1. The van der Waals surface area contributed by atoms with Crippen LogP contribution in [0.25, 0.3) is 10.9 Å². The van der Waals surface area contributed by atoms with E-state index in [1.807, 2.05) is 10.7 Å². The lowest BCUT2D eigenvalue weighted by Gasteiger charge is -2.30. The zero-order chi connectivity index (χ0) is 15.3. The van der Waals surface area contributed by atoms with Crippen molar-refractivity contribution >= 4 is 18.0 Å². The molecule has 0 saturated carbocycles. The van der Waals surface area contributed by atoms with E-state index in [1.54, 1.807) is 6.82 Å². The molecule has 2 rings (SSSR count). The van der Waals surface area contributed by atoms with Crippen LogP contribution in [0.5, 0.6) is 0 Å². The predicted molar refractivity (Wildman–Crippen MR) is 88.6 cm³/mol. The number of nitrogens with zero attached hydrogens (tertiary/aromatic N) is 1. The Morgan fingerprint density at radius 1 is 0.950 bits per heavy atom. The summed E-state index contributed by atoms with van der Waals surface area (Å²) >= 11 is 0. The molecule has 0 amide bonds. The summed E-state index contributed by atoms with van der Waals surface area (Å²) < 4.78 is 1.93. The Morgan fingerprint density at radius 2 is 1.45 bits per heavy atom. The molecular formula is C17H26BNO. The second kappa shape index (κ2) is 4.66. The van der Waals surface area contributed by atoms with Crippen LogP contribution in [0.3, 0.4) is 0 Å². The van der Waals surface area contributed by atoms with E-state index in [1.165, 1.54) is 16.5 Å². The van der Waals surface area contributed by atoms with E-state index in [0.717, 1.165) is 5.52 Å². The maximum Gasteiger partial charge on any atom is 0.413 e. The minimum atomic E-state index is -0.499. The van der Waals surface area contributed by atoms with E-state index in [9.17, 15) is 5.02 Å². The van der Waals surface area contributed by atoms with Crippen molar-refractivity contribution in [2.75, 3.05) is 0 Å². The minimum Gasteiger partial charge on any atom is -0.432 e. The summed E-state index contributed by atoms with van der Waals surface area (Å²) in [7, 11) is -0.499. The summed E-state index contributed by atoms with van der Waals surface area (Å²) in [5, 5.41) is 11.1. The second-order valence-electron chi connectivity index (χ2n) is 7.81. The first-order chi connectivity index (χ1) is 9.01. The van der Waals surface area contributed by atoms with Gasteiger partial charge in [0.1, 0.15) is 0 Å². The maximum atomic E-state index is 9.90. The average molecular weight is 271 g/mol. The van der Waals surface area contributed by atoms with E-state index in [2.05, 4.69) is 59.7 Å². The average Bonchev–Trinajstić information content (AvgIpc) is 2.67. The third kappa shape index (κ3) is 2.64. The Labute approximate surface area is 122 Å². The minimum absolute atomic E-state index is 0.0879. The first kappa shape index (κ1) is 15.2. The highest BCUT2D eigenvalue weighted by atomic mass is 16.2. The van der Waals surface area contributed by atoms with Crippen LogP contribution < -0.4 is 0 Å². The highest BCUT2D eigenvalue weighted by molar-refractivity contribution is 6.48. The van der Waals surface area contributed by atoms with Gasteiger partial charge < -0.3 is 9.50 Å². The fourth-order valence-electron chi connectivity index (χ4n) is 2.77. The van der Waals surface area contributed by atoms with Crippen molar-refractivity contribution < 1.29 is 5.02 Å². The Bertz CT molecular complexity index is 627. The molecule has 0 atom stereocenters. The van der Waals surface area contributed by atoms with Crippen molar-refractivity contribution in [1.29, 1.82) is 0 Å². The van der Waals surface area contributed by atoms with Gasteiger partial charge in [-0.15, -0.1) is 0 Å². The van der Waals surface area contributed by atoms with E-state index < -0.39 is 7.05 Å². The largest absolute Gasteiger partial charge is 0.432 e. The summed E-state index contributed by atoms with van der Waals surface area (Å²) in [6, 6.07) is 6.63. The summed E-state index contributed by atoms with van der Waals surface area (Å²) in [6.45, 7) is 15.3. The molecule has 0 radical (unpaired) electrons. The molecule has 0 fully saturated rings. The van der Waals surface area contributed by atoms with Crippen molar-refractivity contribution in [3.63, 3.8) is 0 Å². The second-order valence-corrected chi connectivity index (χ2v) is 7.81. The molecule has 0 aliphatic heterocycles. The molecule has 2 nitrogen and oxygen atoms in total. The molecule has 20 heavy (non-hydrogen) atoms. The fourth-order valence-corrected chi connectivity index (χ4v) is 2.77. The number of hydrogen-bond acceptors (Lipinski definition) is 1. The molecule has 0 unspecified atom stereocenters. The van der Waals surface area contributed by atoms with Crippen LogP contribution in [0.4, 0.5) is 0 Å². The lowest BCUT2D eigenvalue weighted by Crippen LogP contribution is -2.23. The molecule has 0 saturated heterocycles. The van der Waals surface area contributed by atoms with Crippen LogP contribution in [0.2, 0.25) is 6.82 Å². The van der Waals surface area contributed by atoms with Crippen LogP contribution >= 0.6 is 0 Å². The normalized spacial score (nSPS) is 13.0. The summed E-state index contributed by atoms with van der Waals surface area (Å²) in [5.74, 6) is 0. The number of fused-ring (bicyclic) bond motifs is 1. The summed E-state index contributed by atoms with van der Waals surface area (Å²) in [4.78, 5) is 0. The molecule has 1 N–H and O–H groups in total. The lowest BCUT2D eigenvalue weighted by atomic mass is 9.74. The van der Waals surface area contributed by atoms with Gasteiger partial charge in [-0.3, -0.25) is 0 Å². The van der Waals surface area contributed by atoms with E-state index in [-0.39, 0.29) is 10.8 Å².